The second-order valence-corrected chi connectivity index (χ2v) is 9.74. The van der Waals surface area contributed by atoms with Gasteiger partial charge in [-0.2, -0.15) is 11.8 Å². The van der Waals surface area contributed by atoms with Gasteiger partial charge >= 0.3 is 0 Å². The third kappa shape index (κ3) is 3.67. The second-order valence-electron chi connectivity index (χ2n) is 8.60. The summed E-state index contributed by atoms with van der Waals surface area (Å²) in [6.07, 6.45) is 2.83. The van der Waals surface area contributed by atoms with Crippen molar-refractivity contribution in [2.75, 3.05) is 11.5 Å². The van der Waals surface area contributed by atoms with Crippen LogP contribution in [0.25, 0.3) is 0 Å². The van der Waals surface area contributed by atoms with Gasteiger partial charge in [0.05, 0.1) is 6.42 Å². The number of carbonyl (C=O) groups is 2. The van der Waals surface area contributed by atoms with E-state index in [1.54, 1.807) is 0 Å². The molecule has 25 heavy (non-hydrogen) atoms. The minimum atomic E-state index is -0.0118. The molecule has 2 aliphatic rings. The van der Waals surface area contributed by atoms with Crippen LogP contribution in [0, 0.1) is 12.3 Å². The maximum absolute atomic E-state index is 12.9. The van der Waals surface area contributed by atoms with Crippen molar-refractivity contribution in [2.45, 2.75) is 72.4 Å². The number of carbonyl (C=O) groups excluding carboxylic acids is 2. The summed E-state index contributed by atoms with van der Waals surface area (Å²) < 4.78 is 2.28. The van der Waals surface area contributed by atoms with Crippen LogP contribution in [-0.4, -0.2) is 33.8 Å². The molecule has 1 amide bonds. The fraction of sp³-hybridized carbons (Fsp3) is 0.700. The molecule has 1 aromatic heterocycles. The lowest BCUT2D eigenvalue weighted by atomic mass is 9.75. The van der Waals surface area contributed by atoms with Gasteiger partial charge in [-0.25, -0.2) is 0 Å². The van der Waals surface area contributed by atoms with E-state index in [9.17, 15) is 9.59 Å². The average molecular weight is 363 g/mol. The molecule has 0 aromatic carbocycles. The third-order valence-corrected chi connectivity index (χ3v) is 6.55. The van der Waals surface area contributed by atoms with E-state index in [1.807, 2.05) is 11.8 Å². The Balaban J connectivity index is 1.94. The molecule has 0 bridgehead atoms. The Morgan fingerprint density at radius 3 is 2.68 bits per heavy atom. The van der Waals surface area contributed by atoms with Gasteiger partial charge in [0, 0.05) is 41.2 Å². The number of amides is 1. The van der Waals surface area contributed by atoms with Crippen LogP contribution >= 0.6 is 11.8 Å². The van der Waals surface area contributed by atoms with Crippen LogP contribution in [0.4, 0.5) is 0 Å². The maximum atomic E-state index is 12.9. The summed E-state index contributed by atoms with van der Waals surface area (Å²) >= 11 is 1.89. The van der Waals surface area contributed by atoms with Crippen LogP contribution in [0.2, 0.25) is 0 Å². The highest BCUT2D eigenvalue weighted by molar-refractivity contribution is 7.99. The van der Waals surface area contributed by atoms with Crippen molar-refractivity contribution in [3.05, 3.63) is 22.5 Å². The first kappa shape index (κ1) is 18.6. The summed E-state index contributed by atoms with van der Waals surface area (Å²) in [5.74, 6) is 2.38. The second kappa shape index (κ2) is 6.82. The Kier molecular flexibility index (Phi) is 5.06. The molecule has 1 fully saturated rings. The highest BCUT2D eigenvalue weighted by Gasteiger charge is 2.37. The van der Waals surface area contributed by atoms with Crippen molar-refractivity contribution in [3.63, 3.8) is 0 Å². The molecule has 1 unspecified atom stereocenters. The number of Topliss-reactive ketones (excluding diaryl/α,β-unsaturated/α-hetero) is 1. The zero-order valence-corrected chi connectivity index (χ0v) is 16.9. The normalized spacial score (nSPS) is 22.3. The van der Waals surface area contributed by atoms with Crippen molar-refractivity contribution >= 4 is 23.5 Å². The minimum Gasteiger partial charge on any atom is -0.352 e. The molecule has 2 heterocycles. The molecule has 1 aliphatic carbocycles. The summed E-state index contributed by atoms with van der Waals surface area (Å²) in [7, 11) is 0. The van der Waals surface area contributed by atoms with E-state index in [2.05, 4.69) is 44.5 Å². The molecule has 0 spiro atoms. The van der Waals surface area contributed by atoms with Crippen LogP contribution in [0.1, 0.15) is 73.9 Å². The Morgan fingerprint density at radius 1 is 1.36 bits per heavy atom. The lowest BCUT2D eigenvalue weighted by molar-refractivity contribution is -0.121. The molecule has 138 valence electrons. The predicted molar refractivity (Wildman–Crippen MR) is 104 cm³/mol. The molecular weight excluding hydrogens is 332 g/mol. The molecule has 1 N–H and O–H groups in total. The van der Waals surface area contributed by atoms with Gasteiger partial charge in [-0.05, 0) is 50.3 Å². The Hall–Kier alpha value is -1.23. The van der Waals surface area contributed by atoms with Gasteiger partial charge in [-0.1, -0.05) is 13.8 Å². The first-order valence-electron chi connectivity index (χ1n) is 9.32. The van der Waals surface area contributed by atoms with Gasteiger partial charge in [0.25, 0.3) is 0 Å². The summed E-state index contributed by atoms with van der Waals surface area (Å²) in [6.45, 7) is 10.7. The molecule has 0 saturated carbocycles. The lowest BCUT2D eigenvalue weighted by Gasteiger charge is -2.31. The Bertz CT molecular complexity index is 697. The van der Waals surface area contributed by atoms with Crippen LogP contribution in [0.3, 0.4) is 0 Å². The zero-order chi connectivity index (χ0) is 18.4. The zero-order valence-electron chi connectivity index (χ0n) is 16.1. The summed E-state index contributed by atoms with van der Waals surface area (Å²) in [6, 6.07) is 0.578. The summed E-state index contributed by atoms with van der Waals surface area (Å²) in [4.78, 5) is 25.5. The molecule has 5 heteroatoms. The number of fused-ring (bicyclic) bond motifs is 1. The summed E-state index contributed by atoms with van der Waals surface area (Å²) in [5, 5.41) is 3.15. The van der Waals surface area contributed by atoms with Crippen molar-refractivity contribution < 1.29 is 9.59 Å². The smallest absolute Gasteiger partial charge is 0.224 e. The first-order valence-corrected chi connectivity index (χ1v) is 10.5. The van der Waals surface area contributed by atoms with E-state index in [-0.39, 0.29) is 23.1 Å². The standard InChI is InChI=1S/C20H30N2O2S/c1-12(2)22-13(3)15(8-18(24)21-14-6-7-25-11-14)19-16(22)9-20(4,5)10-17(19)23/h12,14H,6-11H2,1-5H3,(H,21,24). The van der Waals surface area contributed by atoms with Gasteiger partial charge in [-0.15, -0.1) is 0 Å². The van der Waals surface area contributed by atoms with Gasteiger partial charge in [0.2, 0.25) is 5.91 Å². The van der Waals surface area contributed by atoms with Gasteiger partial charge in [-0.3, -0.25) is 9.59 Å². The Morgan fingerprint density at radius 2 is 2.08 bits per heavy atom. The van der Waals surface area contributed by atoms with Crippen LogP contribution in [-0.2, 0) is 17.6 Å². The number of hydrogen-bond donors (Lipinski definition) is 1. The maximum Gasteiger partial charge on any atom is 0.224 e. The topological polar surface area (TPSA) is 51.1 Å². The van der Waals surface area contributed by atoms with E-state index >= 15 is 0 Å². The largest absolute Gasteiger partial charge is 0.352 e. The van der Waals surface area contributed by atoms with Gasteiger partial charge in [0.15, 0.2) is 5.78 Å². The molecule has 1 aromatic rings. The Labute approximate surface area is 155 Å². The van der Waals surface area contributed by atoms with Crippen molar-refractivity contribution in [1.29, 1.82) is 0 Å². The number of aromatic nitrogens is 1. The fourth-order valence-electron chi connectivity index (χ4n) is 4.37. The lowest BCUT2D eigenvalue weighted by Crippen LogP contribution is -2.36. The van der Waals surface area contributed by atoms with Crippen molar-refractivity contribution in [2.24, 2.45) is 5.41 Å². The number of thioether (sulfide) groups is 1. The monoisotopic (exact) mass is 362 g/mol. The van der Waals surface area contributed by atoms with Crippen molar-refractivity contribution in [1.82, 2.24) is 9.88 Å². The van der Waals surface area contributed by atoms with E-state index in [4.69, 9.17) is 0 Å². The minimum absolute atomic E-state index is 0.0118. The molecular formula is C20H30N2O2S. The van der Waals surface area contributed by atoms with Gasteiger partial charge in [0.1, 0.15) is 0 Å². The number of nitrogens with zero attached hydrogens (tertiary/aromatic N) is 1. The molecule has 4 nitrogen and oxygen atoms in total. The fourth-order valence-corrected chi connectivity index (χ4v) is 5.52. The molecule has 1 saturated heterocycles. The summed E-state index contributed by atoms with van der Waals surface area (Å²) in [5.41, 5.74) is 3.99. The number of ketones is 1. The number of rotatable bonds is 4. The SMILES string of the molecule is Cc1c(CC(=O)NC2CCSC2)c2c(n1C(C)C)CC(C)(C)CC2=O. The first-order chi connectivity index (χ1) is 11.7. The third-order valence-electron chi connectivity index (χ3n) is 5.39. The van der Waals surface area contributed by atoms with Crippen LogP contribution < -0.4 is 5.32 Å². The van der Waals surface area contributed by atoms with E-state index in [0.717, 1.165) is 46.9 Å². The van der Waals surface area contributed by atoms with Crippen LogP contribution in [0.5, 0.6) is 0 Å². The van der Waals surface area contributed by atoms with E-state index in [1.165, 1.54) is 0 Å². The van der Waals surface area contributed by atoms with E-state index in [0.29, 0.717) is 18.9 Å². The highest BCUT2D eigenvalue weighted by atomic mass is 32.2. The molecule has 3 rings (SSSR count). The predicted octanol–water partition coefficient (Wildman–Crippen LogP) is 3.70. The highest BCUT2D eigenvalue weighted by Crippen LogP contribution is 2.40. The molecule has 1 aliphatic heterocycles. The van der Waals surface area contributed by atoms with Gasteiger partial charge < -0.3 is 9.88 Å². The molecule has 0 radical (unpaired) electrons. The quantitative estimate of drug-likeness (QED) is 0.888. The molecule has 1 atom stereocenters. The van der Waals surface area contributed by atoms with E-state index < -0.39 is 0 Å². The van der Waals surface area contributed by atoms with Crippen molar-refractivity contribution in [3.8, 4) is 0 Å². The number of nitrogens with one attached hydrogen (secondary N) is 1. The number of hydrogen-bond acceptors (Lipinski definition) is 3. The van der Waals surface area contributed by atoms with Crippen LogP contribution in [0.15, 0.2) is 0 Å². The average Bonchev–Trinajstić information content (AvgIpc) is 3.04.